The van der Waals surface area contributed by atoms with Crippen molar-refractivity contribution in [1.29, 1.82) is 0 Å². The number of hydrogen-bond donors (Lipinski definition) is 0. The lowest BCUT2D eigenvalue weighted by Gasteiger charge is -2.23. The summed E-state index contributed by atoms with van der Waals surface area (Å²) in [7, 11) is 1.90. The molecule has 0 N–H and O–H groups in total. The minimum atomic E-state index is -0.232. The summed E-state index contributed by atoms with van der Waals surface area (Å²) in [6.07, 6.45) is 0.551. The first-order valence-corrected chi connectivity index (χ1v) is 5.52. The van der Waals surface area contributed by atoms with Crippen molar-refractivity contribution in [2.45, 2.75) is 32.9 Å². The minimum absolute atomic E-state index is 0.0879. The number of ketones is 1. The van der Waals surface area contributed by atoms with Crippen molar-refractivity contribution in [3.05, 3.63) is 35.6 Å². The number of carbonyl (C=O) groups excluding carboxylic acids is 1. The third kappa shape index (κ3) is 3.42. The second-order valence-corrected chi connectivity index (χ2v) is 4.04. The average molecular weight is 223 g/mol. The zero-order valence-electron chi connectivity index (χ0n) is 10.0. The van der Waals surface area contributed by atoms with E-state index in [1.165, 1.54) is 12.1 Å². The highest BCUT2D eigenvalue weighted by atomic mass is 19.1. The van der Waals surface area contributed by atoms with Crippen LogP contribution in [0.5, 0.6) is 0 Å². The fourth-order valence-corrected chi connectivity index (χ4v) is 1.56. The molecule has 0 amide bonds. The molecule has 0 aliphatic rings. The molecule has 1 unspecified atom stereocenters. The zero-order chi connectivity index (χ0) is 12.1. The summed E-state index contributed by atoms with van der Waals surface area (Å²) in [6, 6.07) is 6.28. The standard InChI is InChI=1S/C13H18FNO/c1-4-13(16)10(2)15(3)9-11-5-7-12(14)8-6-11/h5-8,10H,4,9H2,1-3H3. The van der Waals surface area contributed by atoms with Crippen molar-refractivity contribution in [1.82, 2.24) is 4.90 Å². The molecule has 0 bridgehead atoms. The van der Waals surface area contributed by atoms with Crippen LogP contribution in [0.25, 0.3) is 0 Å². The van der Waals surface area contributed by atoms with Crippen LogP contribution in [0.3, 0.4) is 0 Å². The summed E-state index contributed by atoms with van der Waals surface area (Å²) in [5.74, 6) is -0.00584. The highest BCUT2D eigenvalue weighted by Crippen LogP contribution is 2.09. The van der Waals surface area contributed by atoms with Crippen LogP contribution >= 0.6 is 0 Å². The summed E-state index contributed by atoms with van der Waals surface area (Å²) in [5, 5.41) is 0. The Bertz CT molecular complexity index is 347. The number of Topliss-reactive ketones (excluding diaryl/α,β-unsaturated/α-hetero) is 1. The molecular weight excluding hydrogens is 205 g/mol. The van der Waals surface area contributed by atoms with Gasteiger partial charge in [0.25, 0.3) is 0 Å². The molecule has 2 nitrogen and oxygen atoms in total. The van der Waals surface area contributed by atoms with Gasteiger partial charge in [0, 0.05) is 13.0 Å². The SMILES string of the molecule is CCC(=O)C(C)N(C)Cc1ccc(F)cc1. The maximum Gasteiger partial charge on any atom is 0.149 e. The maximum absolute atomic E-state index is 12.7. The number of likely N-dealkylation sites (N-methyl/N-ethyl adjacent to an activating group) is 1. The highest BCUT2D eigenvalue weighted by molar-refractivity contribution is 5.83. The second-order valence-electron chi connectivity index (χ2n) is 4.04. The largest absolute Gasteiger partial charge is 0.298 e. The number of hydrogen-bond acceptors (Lipinski definition) is 2. The number of halogens is 1. The molecular formula is C13H18FNO. The predicted molar refractivity (Wildman–Crippen MR) is 62.6 cm³/mol. The normalized spacial score (nSPS) is 12.8. The van der Waals surface area contributed by atoms with E-state index in [0.29, 0.717) is 13.0 Å². The molecule has 0 saturated carbocycles. The van der Waals surface area contributed by atoms with E-state index in [0.717, 1.165) is 5.56 Å². The van der Waals surface area contributed by atoms with Gasteiger partial charge in [-0.05, 0) is 31.7 Å². The molecule has 1 aromatic carbocycles. The van der Waals surface area contributed by atoms with Crippen molar-refractivity contribution in [3.63, 3.8) is 0 Å². The van der Waals surface area contributed by atoms with Crippen molar-refractivity contribution in [2.24, 2.45) is 0 Å². The Morgan fingerprint density at radius 3 is 2.44 bits per heavy atom. The Balaban J connectivity index is 2.60. The van der Waals surface area contributed by atoms with E-state index in [9.17, 15) is 9.18 Å². The van der Waals surface area contributed by atoms with Gasteiger partial charge in [0.15, 0.2) is 0 Å². The summed E-state index contributed by atoms with van der Waals surface area (Å²) >= 11 is 0. The lowest BCUT2D eigenvalue weighted by atomic mass is 10.1. The van der Waals surface area contributed by atoms with E-state index in [4.69, 9.17) is 0 Å². The molecule has 16 heavy (non-hydrogen) atoms. The molecule has 0 aliphatic carbocycles. The quantitative estimate of drug-likeness (QED) is 0.764. The molecule has 88 valence electrons. The van der Waals surface area contributed by atoms with E-state index in [1.54, 1.807) is 12.1 Å². The van der Waals surface area contributed by atoms with Gasteiger partial charge < -0.3 is 0 Å². The van der Waals surface area contributed by atoms with Crippen LogP contribution < -0.4 is 0 Å². The van der Waals surface area contributed by atoms with Crippen LogP contribution in [0.15, 0.2) is 24.3 Å². The van der Waals surface area contributed by atoms with Crippen LogP contribution in [-0.2, 0) is 11.3 Å². The molecule has 1 rings (SSSR count). The second kappa shape index (κ2) is 5.75. The Hall–Kier alpha value is -1.22. The molecule has 1 aromatic rings. The van der Waals surface area contributed by atoms with E-state index >= 15 is 0 Å². The first-order valence-electron chi connectivity index (χ1n) is 5.52. The van der Waals surface area contributed by atoms with Crippen LogP contribution in [-0.4, -0.2) is 23.8 Å². The Kier molecular flexibility index (Phi) is 4.62. The van der Waals surface area contributed by atoms with Gasteiger partial charge in [0.05, 0.1) is 6.04 Å². The first-order chi connectivity index (χ1) is 7.54. The number of carbonyl (C=O) groups is 1. The van der Waals surface area contributed by atoms with E-state index in [1.807, 2.05) is 25.8 Å². The van der Waals surface area contributed by atoms with Gasteiger partial charge in [-0.1, -0.05) is 19.1 Å². The molecule has 0 heterocycles. The van der Waals surface area contributed by atoms with Crippen LogP contribution in [0.4, 0.5) is 4.39 Å². The molecule has 0 spiro atoms. The fraction of sp³-hybridized carbons (Fsp3) is 0.462. The Morgan fingerprint density at radius 2 is 1.94 bits per heavy atom. The van der Waals surface area contributed by atoms with Gasteiger partial charge in [-0.25, -0.2) is 4.39 Å². The number of nitrogens with zero attached hydrogens (tertiary/aromatic N) is 1. The maximum atomic E-state index is 12.7. The summed E-state index contributed by atoms with van der Waals surface area (Å²) in [4.78, 5) is 13.5. The monoisotopic (exact) mass is 223 g/mol. The van der Waals surface area contributed by atoms with Crippen molar-refractivity contribution >= 4 is 5.78 Å². The van der Waals surface area contributed by atoms with Gasteiger partial charge in [0.2, 0.25) is 0 Å². The summed E-state index contributed by atoms with van der Waals surface area (Å²) in [6.45, 7) is 4.42. The van der Waals surface area contributed by atoms with Crippen molar-refractivity contribution in [3.8, 4) is 0 Å². The molecule has 0 radical (unpaired) electrons. The van der Waals surface area contributed by atoms with Gasteiger partial charge in [-0.2, -0.15) is 0 Å². The summed E-state index contributed by atoms with van der Waals surface area (Å²) in [5.41, 5.74) is 1.01. The topological polar surface area (TPSA) is 20.3 Å². The van der Waals surface area contributed by atoms with Gasteiger partial charge in [0.1, 0.15) is 11.6 Å². The third-order valence-corrected chi connectivity index (χ3v) is 2.82. The Labute approximate surface area is 96.1 Å². The molecule has 3 heteroatoms. The number of benzene rings is 1. The van der Waals surface area contributed by atoms with Crippen molar-refractivity contribution < 1.29 is 9.18 Å². The first kappa shape index (κ1) is 12.8. The lowest BCUT2D eigenvalue weighted by Crippen LogP contribution is -2.35. The number of rotatable bonds is 5. The minimum Gasteiger partial charge on any atom is -0.298 e. The van der Waals surface area contributed by atoms with Crippen LogP contribution in [0, 0.1) is 5.82 Å². The summed E-state index contributed by atoms with van der Waals surface area (Å²) < 4.78 is 12.7. The van der Waals surface area contributed by atoms with Crippen LogP contribution in [0.2, 0.25) is 0 Å². The van der Waals surface area contributed by atoms with Crippen molar-refractivity contribution in [2.75, 3.05) is 7.05 Å². The highest BCUT2D eigenvalue weighted by Gasteiger charge is 2.15. The lowest BCUT2D eigenvalue weighted by molar-refractivity contribution is -0.123. The van der Waals surface area contributed by atoms with E-state index in [2.05, 4.69) is 0 Å². The Morgan fingerprint density at radius 1 is 1.38 bits per heavy atom. The molecule has 0 saturated heterocycles. The molecule has 0 aliphatic heterocycles. The predicted octanol–water partition coefficient (Wildman–Crippen LogP) is 2.63. The smallest absolute Gasteiger partial charge is 0.149 e. The van der Waals surface area contributed by atoms with E-state index in [-0.39, 0.29) is 17.6 Å². The third-order valence-electron chi connectivity index (χ3n) is 2.82. The molecule has 1 atom stereocenters. The van der Waals surface area contributed by atoms with Gasteiger partial charge >= 0.3 is 0 Å². The van der Waals surface area contributed by atoms with Crippen LogP contribution in [0.1, 0.15) is 25.8 Å². The van der Waals surface area contributed by atoms with Gasteiger partial charge in [-0.3, -0.25) is 9.69 Å². The van der Waals surface area contributed by atoms with E-state index < -0.39 is 0 Å². The molecule has 0 aromatic heterocycles. The molecule has 0 fully saturated rings. The average Bonchev–Trinajstić information content (AvgIpc) is 2.30. The zero-order valence-corrected chi connectivity index (χ0v) is 10.0. The van der Waals surface area contributed by atoms with Gasteiger partial charge in [-0.15, -0.1) is 0 Å². The fourth-order valence-electron chi connectivity index (χ4n) is 1.56.